The van der Waals surface area contributed by atoms with Gasteiger partial charge in [0.2, 0.25) is 0 Å². The lowest BCUT2D eigenvalue weighted by molar-refractivity contribution is 0.0753. The molecule has 0 bridgehead atoms. The molecular formula is C25H44O5S. The summed E-state index contributed by atoms with van der Waals surface area (Å²) < 4.78 is 41.0. The zero-order valence-electron chi connectivity index (χ0n) is 21.6. The average molecular weight is 457 g/mol. The quantitative estimate of drug-likeness (QED) is 0.416. The predicted molar refractivity (Wildman–Crippen MR) is 128 cm³/mol. The van der Waals surface area contributed by atoms with Gasteiger partial charge in [0.1, 0.15) is 16.4 Å². The molecule has 0 radical (unpaired) electrons. The Hall–Kier alpha value is -1.27. The Morgan fingerprint density at radius 1 is 0.935 bits per heavy atom. The van der Waals surface area contributed by atoms with Gasteiger partial charge in [0, 0.05) is 16.7 Å². The second-order valence-corrected chi connectivity index (χ2v) is 13.5. The van der Waals surface area contributed by atoms with Crippen molar-refractivity contribution in [3.63, 3.8) is 0 Å². The van der Waals surface area contributed by atoms with E-state index in [2.05, 4.69) is 62.3 Å². The summed E-state index contributed by atoms with van der Waals surface area (Å²) in [4.78, 5) is -0.226. The monoisotopic (exact) mass is 456 g/mol. The molecule has 0 fully saturated rings. The van der Waals surface area contributed by atoms with Gasteiger partial charge in [-0.2, -0.15) is 8.42 Å². The van der Waals surface area contributed by atoms with Crippen LogP contribution in [0.4, 0.5) is 0 Å². The number of hydrogen-bond donors (Lipinski definition) is 2. The van der Waals surface area contributed by atoms with Crippen LogP contribution < -0.4 is 4.74 Å². The normalized spacial score (nSPS) is 14.8. The van der Waals surface area contributed by atoms with Crippen LogP contribution in [0.3, 0.4) is 0 Å². The van der Waals surface area contributed by atoms with E-state index in [0.29, 0.717) is 22.6 Å². The number of benzene rings is 1. The van der Waals surface area contributed by atoms with Gasteiger partial charge in [-0.15, -0.1) is 0 Å². The first-order chi connectivity index (χ1) is 13.7. The molecule has 0 heterocycles. The number of phenols is 1. The first kappa shape index (κ1) is 27.8. The lowest BCUT2D eigenvalue weighted by Crippen LogP contribution is -2.38. The maximum atomic E-state index is 12.7. The van der Waals surface area contributed by atoms with Gasteiger partial charge in [0.05, 0.1) is 7.11 Å². The summed E-state index contributed by atoms with van der Waals surface area (Å²) in [6.07, 6.45) is 1.64. The maximum absolute atomic E-state index is 12.7. The summed E-state index contributed by atoms with van der Waals surface area (Å²) in [6, 6.07) is 0. The summed E-state index contributed by atoms with van der Waals surface area (Å²) >= 11 is 0. The lowest BCUT2D eigenvalue weighted by Gasteiger charge is -2.49. The van der Waals surface area contributed by atoms with Crippen LogP contribution in [0.25, 0.3) is 0 Å². The zero-order valence-corrected chi connectivity index (χ0v) is 22.4. The third-order valence-electron chi connectivity index (χ3n) is 6.11. The molecule has 31 heavy (non-hydrogen) atoms. The molecule has 0 spiro atoms. The molecule has 6 heteroatoms. The van der Waals surface area contributed by atoms with E-state index < -0.39 is 10.1 Å². The molecule has 0 aliphatic rings. The van der Waals surface area contributed by atoms with Crippen LogP contribution in [0.15, 0.2) is 4.90 Å². The second-order valence-electron chi connectivity index (χ2n) is 12.1. The first-order valence-corrected chi connectivity index (χ1v) is 12.5. The highest BCUT2D eigenvalue weighted by Crippen LogP contribution is 2.59. The summed E-state index contributed by atoms with van der Waals surface area (Å²) in [6.45, 7) is 22.6. The molecule has 2 N–H and O–H groups in total. The summed E-state index contributed by atoms with van der Waals surface area (Å²) in [5.74, 6) is 0.211. The predicted octanol–water partition coefficient (Wildman–Crippen LogP) is 6.88. The summed E-state index contributed by atoms with van der Waals surface area (Å²) in [7, 11) is -3.18. The molecule has 0 amide bonds. The van der Waals surface area contributed by atoms with E-state index in [9.17, 15) is 18.1 Å². The number of aromatic hydroxyl groups is 1. The van der Waals surface area contributed by atoms with Crippen molar-refractivity contribution in [2.24, 2.45) is 22.2 Å². The van der Waals surface area contributed by atoms with Crippen molar-refractivity contribution in [3.8, 4) is 11.5 Å². The maximum Gasteiger partial charge on any atom is 0.295 e. The van der Waals surface area contributed by atoms with Crippen LogP contribution in [0.5, 0.6) is 11.5 Å². The minimum absolute atomic E-state index is 0.0138. The van der Waals surface area contributed by atoms with Crippen molar-refractivity contribution in [3.05, 3.63) is 16.7 Å². The minimum atomic E-state index is -4.61. The van der Waals surface area contributed by atoms with Gasteiger partial charge in [-0.05, 0) is 54.8 Å². The number of hydrogen-bond acceptors (Lipinski definition) is 4. The summed E-state index contributed by atoms with van der Waals surface area (Å²) in [5, 5.41) is 11.4. The van der Waals surface area contributed by atoms with Gasteiger partial charge in [0.15, 0.2) is 0 Å². The molecule has 1 unspecified atom stereocenters. The molecule has 1 atom stereocenters. The fourth-order valence-corrected chi connectivity index (χ4v) is 7.36. The van der Waals surface area contributed by atoms with Crippen molar-refractivity contribution in [2.45, 2.75) is 99.8 Å². The van der Waals surface area contributed by atoms with Crippen LogP contribution >= 0.6 is 0 Å². The first-order valence-electron chi connectivity index (χ1n) is 11.0. The highest BCUT2D eigenvalue weighted by atomic mass is 32.2. The van der Waals surface area contributed by atoms with Crippen molar-refractivity contribution in [1.82, 2.24) is 0 Å². The average Bonchev–Trinajstić information content (AvgIpc) is 2.47. The molecule has 1 rings (SSSR count). The summed E-state index contributed by atoms with van der Waals surface area (Å²) in [5.41, 5.74) is 0.374. The van der Waals surface area contributed by atoms with Gasteiger partial charge >= 0.3 is 0 Å². The highest BCUT2D eigenvalue weighted by Gasteiger charge is 2.47. The third kappa shape index (κ3) is 6.16. The number of rotatable bonds is 8. The Bertz CT molecular complexity index is 903. The molecule has 0 aromatic heterocycles. The fourth-order valence-electron chi connectivity index (χ4n) is 6.39. The van der Waals surface area contributed by atoms with Crippen LogP contribution in [0.2, 0.25) is 0 Å². The van der Waals surface area contributed by atoms with Gasteiger partial charge in [-0.3, -0.25) is 4.55 Å². The molecule has 1 aromatic carbocycles. The molecule has 0 saturated heterocycles. The topological polar surface area (TPSA) is 83.8 Å². The minimum Gasteiger partial charge on any atom is -0.507 e. The lowest BCUT2D eigenvalue weighted by atomic mass is 9.56. The van der Waals surface area contributed by atoms with Gasteiger partial charge < -0.3 is 9.84 Å². The van der Waals surface area contributed by atoms with Crippen LogP contribution in [0, 0.1) is 36.0 Å². The molecule has 180 valence electrons. The van der Waals surface area contributed by atoms with E-state index in [1.54, 1.807) is 13.8 Å². The fraction of sp³-hybridized carbons (Fsp3) is 0.760. The standard InChI is InChI=1S/C25H44O5S/c1-15(2)13-24(8,9)22(25(10,11)14-23(5,6)7)18-19(26)16(3)20(30-12)17(4)21(18)31(27,28)29/h15,22,26H,13-14H2,1-12H3,(H,27,28,29). The van der Waals surface area contributed by atoms with E-state index in [1.807, 2.05) is 0 Å². The van der Waals surface area contributed by atoms with E-state index in [0.717, 1.165) is 12.8 Å². The largest absolute Gasteiger partial charge is 0.507 e. The van der Waals surface area contributed by atoms with Crippen molar-refractivity contribution in [1.29, 1.82) is 0 Å². The van der Waals surface area contributed by atoms with Crippen LogP contribution in [-0.2, 0) is 10.1 Å². The van der Waals surface area contributed by atoms with Gasteiger partial charge in [-0.1, -0.05) is 62.3 Å². The van der Waals surface area contributed by atoms with Crippen molar-refractivity contribution >= 4 is 10.1 Å². The smallest absolute Gasteiger partial charge is 0.295 e. The third-order valence-corrected chi connectivity index (χ3v) is 7.15. The molecular weight excluding hydrogens is 412 g/mol. The van der Waals surface area contributed by atoms with Crippen LogP contribution in [0.1, 0.15) is 97.8 Å². The second kappa shape index (κ2) is 8.93. The van der Waals surface area contributed by atoms with Gasteiger partial charge in [0.25, 0.3) is 10.1 Å². The molecule has 0 saturated carbocycles. The number of ether oxygens (including phenoxy) is 1. The van der Waals surface area contributed by atoms with Crippen molar-refractivity contribution in [2.75, 3.05) is 7.11 Å². The van der Waals surface area contributed by atoms with E-state index >= 15 is 0 Å². The Morgan fingerprint density at radius 3 is 1.77 bits per heavy atom. The molecule has 0 aliphatic heterocycles. The van der Waals surface area contributed by atoms with E-state index in [1.165, 1.54) is 7.11 Å². The van der Waals surface area contributed by atoms with E-state index in [4.69, 9.17) is 4.74 Å². The number of phenolic OH excluding ortho intramolecular Hbond substituents is 1. The Morgan fingerprint density at radius 2 is 1.42 bits per heavy atom. The molecule has 0 aliphatic carbocycles. The Labute approximate surface area is 190 Å². The van der Waals surface area contributed by atoms with Crippen molar-refractivity contribution < 1.29 is 22.8 Å². The van der Waals surface area contributed by atoms with Gasteiger partial charge in [-0.25, -0.2) is 0 Å². The zero-order chi connectivity index (χ0) is 24.7. The number of methoxy groups -OCH3 is 1. The molecule has 5 nitrogen and oxygen atoms in total. The Kier molecular flexibility index (Phi) is 8.00. The molecule has 1 aromatic rings. The Balaban J connectivity index is 4.19. The van der Waals surface area contributed by atoms with Crippen LogP contribution in [-0.4, -0.2) is 25.2 Å². The SMILES string of the molecule is COc1c(C)c(O)c(C(C(C)(C)CC(C)C)C(C)(C)CC(C)(C)C)c(S(=O)(=O)O)c1C. The highest BCUT2D eigenvalue weighted by molar-refractivity contribution is 7.86. The van der Waals surface area contributed by atoms with E-state index in [-0.39, 0.29) is 38.6 Å².